The Morgan fingerprint density at radius 2 is 1.91 bits per heavy atom. The van der Waals surface area contributed by atoms with E-state index in [1.54, 1.807) is 0 Å². The molecule has 0 aliphatic rings. The average molecular weight is 180 g/mol. The molecule has 2 N–H and O–H groups in total. The Balaban J connectivity index is 3.62. The molecule has 0 unspecified atom stereocenters. The highest BCUT2D eigenvalue weighted by Gasteiger charge is 2.09. The Bertz CT molecular complexity index is 189. The smallest absolute Gasteiger partial charge is 0.223 e. The Morgan fingerprint density at radius 1 is 1.36 bits per heavy atom. The van der Waals surface area contributed by atoms with Crippen molar-refractivity contribution >= 4 is 10.0 Å². The summed E-state index contributed by atoms with van der Waals surface area (Å²) in [5, 5.41) is 0. The van der Waals surface area contributed by atoms with E-state index in [4.69, 9.17) is 5.84 Å². The minimum Gasteiger partial charge on any atom is -0.255 e. The molecular formula is C6H16N2O2S. The molecule has 68 valence electrons. The second-order valence-corrected chi connectivity index (χ2v) is 4.52. The SMILES string of the molecule is CCCCCN(N)S(C)(=O)=O. The van der Waals surface area contributed by atoms with Crippen molar-refractivity contribution in [1.29, 1.82) is 0 Å². The van der Waals surface area contributed by atoms with Crippen molar-refractivity contribution < 1.29 is 8.42 Å². The maximum absolute atomic E-state index is 10.7. The zero-order chi connectivity index (χ0) is 8.91. The number of rotatable bonds is 5. The van der Waals surface area contributed by atoms with Gasteiger partial charge >= 0.3 is 0 Å². The molecule has 11 heavy (non-hydrogen) atoms. The van der Waals surface area contributed by atoms with Crippen molar-refractivity contribution in [2.75, 3.05) is 12.8 Å². The summed E-state index contributed by atoms with van der Waals surface area (Å²) >= 11 is 0. The lowest BCUT2D eigenvalue weighted by molar-refractivity contribution is 0.417. The van der Waals surface area contributed by atoms with Crippen molar-refractivity contribution in [2.45, 2.75) is 26.2 Å². The number of unbranched alkanes of at least 4 members (excludes halogenated alkanes) is 2. The first-order chi connectivity index (χ1) is 4.98. The van der Waals surface area contributed by atoms with Crippen molar-refractivity contribution in [3.8, 4) is 0 Å². The first-order valence-electron chi connectivity index (χ1n) is 3.71. The highest BCUT2D eigenvalue weighted by Crippen LogP contribution is 1.97. The van der Waals surface area contributed by atoms with Crippen LogP contribution in [0, 0.1) is 0 Å². The van der Waals surface area contributed by atoms with Gasteiger partial charge in [0, 0.05) is 6.54 Å². The summed E-state index contributed by atoms with van der Waals surface area (Å²) in [6.45, 7) is 2.48. The molecule has 5 heteroatoms. The van der Waals surface area contributed by atoms with Crippen LogP contribution in [0.4, 0.5) is 0 Å². The maximum atomic E-state index is 10.7. The zero-order valence-corrected chi connectivity index (χ0v) is 7.89. The minimum absolute atomic E-state index is 0.423. The standard InChI is InChI=1S/C6H16N2O2S/c1-3-4-5-6-8(7)11(2,9)10/h3-7H2,1-2H3. The van der Waals surface area contributed by atoms with Crippen LogP contribution >= 0.6 is 0 Å². The molecule has 0 heterocycles. The molecule has 0 saturated carbocycles. The molecule has 0 aromatic heterocycles. The van der Waals surface area contributed by atoms with Gasteiger partial charge in [0.15, 0.2) is 0 Å². The average Bonchev–Trinajstić information content (AvgIpc) is 1.86. The lowest BCUT2D eigenvalue weighted by atomic mass is 10.3. The summed E-state index contributed by atoms with van der Waals surface area (Å²) < 4.78 is 22.3. The fourth-order valence-corrected chi connectivity index (χ4v) is 1.14. The molecule has 4 nitrogen and oxygen atoms in total. The lowest BCUT2D eigenvalue weighted by Crippen LogP contribution is -2.37. The molecule has 0 fully saturated rings. The van der Waals surface area contributed by atoms with Crippen LogP contribution in [-0.2, 0) is 10.0 Å². The molecule has 0 aliphatic heterocycles. The summed E-state index contributed by atoms with van der Waals surface area (Å²) in [6, 6.07) is 0. The summed E-state index contributed by atoms with van der Waals surface area (Å²) in [5.74, 6) is 5.24. The Morgan fingerprint density at radius 3 is 2.27 bits per heavy atom. The van der Waals surface area contributed by atoms with Crippen LogP contribution in [-0.4, -0.2) is 25.6 Å². The molecule has 0 atom stereocenters. The molecular weight excluding hydrogens is 164 g/mol. The number of hydrogen-bond acceptors (Lipinski definition) is 3. The van der Waals surface area contributed by atoms with Gasteiger partial charge in [0.25, 0.3) is 0 Å². The molecule has 0 radical (unpaired) electrons. The third-order valence-corrected chi connectivity index (χ3v) is 2.44. The fraction of sp³-hybridized carbons (Fsp3) is 1.00. The van der Waals surface area contributed by atoms with E-state index in [9.17, 15) is 8.42 Å². The largest absolute Gasteiger partial charge is 0.255 e. The van der Waals surface area contributed by atoms with Gasteiger partial charge in [-0.25, -0.2) is 8.42 Å². The molecule has 0 aromatic rings. The zero-order valence-electron chi connectivity index (χ0n) is 7.08. The van der Waals surface area contributed by atoms with Crippen LogP contribution < -0.4 is 5.84 Å². The number of hydrazine groups is 1. The van der Waals surface area contributed by atoms with E-state index in [1.807, 2.05) is 0 Å². The molecule has 0 saturated heterocycles. The van der Waals surface area contributed by atoms with Gasteiger partial charge in [0.2, 0.25) is 10.0 Å². The molecule has 0 aliphatic carbocycles. The van der Waals surface area contributed by atoms with E-state index in [2.05, 4.69) is 6.92 Å². The summed E-state index contributed by atoms with van der Waals surface area (Å²) in [4.78, 5) is 0. The Kier molecular flexibility index (Phi) is 4.63. The van der Waals surface area contributed by atoms with Crippen molar-refractivity contribution in [2.24, 2.45) is 5.84 Å². The van der Waals surface area contributed by atoms with Crippen LogP contribution in [0.3, 0.4) is 0 Å². The lowest BCUT2D eigenvalue weighted by Gasteiger charge is -2.12. The van der Waals surface area contributed by atoms with E-state index in [-0.39, 0.29) is 0 Å². The fourth-order valence-electron chi connectivity index (χ4n) is 0.683. The van der Waals surface area contributed by atoms with Gasteiger partial charge in [-0.05, 0) is 6.42 Å². The number of nitrogens with zero attached hydrogens (tertiary/aromatic N) is 1. The first kappa shape index (κ1) is 10.9. The van der Waals surface area contributed by atoms with Gasteiger partial charge < -0.3 is 0 Å². The third-order valence-electron chi connectivity index (χ3n) is 1.41. The molecule has 0 rings (SSSR count). The van der Waals surface area contributed by atoms with E-state index < -0.39 is 10.0 Å². The second-order valence-electron chi connectivity index (χ2n) is 2.58. The Hall–Kier alpha value is -0.130. The van der Waals surface area contributed by atoms with E-state index in [0.29, 0.717) is 6.54 Å². The number of sulfonamides is 1. The number of nitrogens with two attached hydrogens (primary N) is 1. The topological polar surface area (TPSA) is 63.4 Å². The predicted octanol–water partition coefficient (Wildman–Crippen LogP) is 0.312. The van der Waals surface area contributed by atoms with E-state index >= 15 is 0 Å². The van der Waals surface area contributed by atoms with Gasteiger partial charge in [-0.2, -0.15) is 0 Å². The van der Waals surface area contributed by atoms with Crippen LogP contribution in [0.1, 0.15) is 26.2 Å². The summed E-state index contributed by atoms with van der Waals surface area (Å²) in [5.41, 5.74) is 0. The van der Waals surface area contributed by atoms with Crippen molar-refractivity contribution in [1.82, 2.24) is 4.41 Å². The molecule has 0 amide bonds. The van der Waals surface area contributed by atoms with E-state index in [1.165, 1.54) is 0 Å². The van der Waals surface area contributed by atoms with Crippen molar-refractivity contribution in [3.63, 3.8) is 0 Å². The van der Waals surface area contributed by atoms with Crippen LogP contribution in [0.15, 0.2) is 0 Å². The molecule has 0 bridgehead atoms. The Labute approximate surface area is 68.4 Å². The first-order valence-corrected chi connectivity index (χ1v) is 5.55. The monoisotopic (exact) mass is 180 g/mol. The summed E-state index contributed by atoms with van der Waals surface area (Å²) in [6.07, 6.45) is 4.03. The third kappa shape index (κ3) is 5.17. The number of hydrogen-bond donors (Lipinski definition) is 1. The van der Waals surface area contributed by atoms with Crippen LogP contribution in [0.5, 0.6) is 0 Å². The predicted molar refractivity (Wildman–Crippen MR) is 45.3 cm³/mol. The normalized spacial score (nSPS) is 12.4. The van der Waals surface area contributed by atoms with Gasteiger partial charge in [-0.1, -0.05) is 19.8 Å². The quantitative estimate of drug-likeness (QED) is 0.376. The highest BCUT2D eigenvalue weighted by atomic mass is 32.2. The summed E-state index contributed by atoms with van der Waals surface area (Å²) in [7, 11) is -3.17. The van der Waals surface area contributed by atoms with Gasteiger partial charge in [0.05, 0.1) is 6.26 Å². The van der Waals surface area contributed by atoms with Crippen LogP contribution in [0.2, 0.25) is 0 Å². The minimum atomic E-state index is -3.17. The maximum Gasteiger partial charge on any atom is 0.223 e. The van der Waals surface area contributed by atoms with Gasteiger partial charge in [-0.15, -0.1) is 4.41 Å². The molecule has 0 aromatic carbocycles. The van der Waals surface area contributed by atoms with Gasteiger partial charge in [0.1, 0.15) is 0 Å². The highest BCUT2D eigenvalue weighted by molar-refractivity contribution is 7.88. The molecule has 0 spiro atoms. The van der Waals surface area contributed by atoms with Gasteiger partial charge in [-0.3, -0.25) is 5.84 Å². The second kappa shape index (κ2) is 4.69. The van der Waals surface area contributed by atoms with Crippen LogP contribution in [0.25, 0.3) is 0 Å². The van der Waals surface area contributed by atoms with Crippen molar-refractivity contribution in [3.05, 3.63) is 0 Å². The van der Waals surface area contributed by atoms with E-state index in [0.717, 1.165) is 29.9 Å².